The van der Waals surface area contributed by atoms with E-state index >= 15 is 0 Å². The van der Waals surface area contributed by atoms with E-state index in [9.17, 15) is 9.59 Å². The summed E-state index contributed by atoms with van der Waals surface area (Å²) in [5.41, 5.74) is 0.842. The van der Waals surface area contributed by atoms with E-state index in [0.29, 0.717) is 11.4 Å². The Balaban J connectivity index is 1.85. The fourth-order valence-corrected chi connectivity index (χ4v) is 1.94. The number of esters is 1. The third-order valence-corrected chi connectivity index (χ3v) is 3.01. The van der Waals surface area contributed by atoms with Gasteiger partial charge < -0.3 is 19.8 Å². The molecule has 7 heteroatoms. The number of anilines is 1. The molecule has 0 fully saturated rings. The van der Waals surface area contributed by atoms with Gasteiger partial charge in [0.25, 0.3) is 5.91 Å². The molecule has 1 aromatic heterocycles. The van der Waals surface area contributed by atoms with Gasteiger partial charge >= 0.3 is 5.97 Å². The van der Waals surface area contributed by atoms with Crippen LogP contribution in [0.25, 0.3) is 0 Å². The Bertz CT molecular complexity index is 654. The summed E-state index contributed by atoms with van der Waals surface area (Å²) in [4.78, 5) is 26.1. The number of methoxy groups -OCH3 is 1. The molecule has 0 spiro atoms. The van der Waals surface area contributed by atoms with Gasteiger partial charge in [-0.2, -0.15) is 0 Å². The van der Waals surface area contributed by atoms with Crippen LogP contribution in [0.5, 0.6) is 5.75 Å². The van der Waals surface area contributed by atoms with Crippen LogP contribution in [-0.2, 0) is 9.53 Å². The maximum absolute atomic E-state index is 11.7. The van der Waals surface area contributed by atoms with Gasteiger partial charge in [-0.25, -0.2) is 4.79 Å². The van der Waals surface area contributed by atoms with Crippen LogP contribution in [0.3, 0.4) is 0 Å². The Morgan fingerprint density at radius 2 is 2.14 bits per heavy atom. The Labute approximate surface area is 129 Å². The van der Waals surface area contributed by atoms with Crippen molar-refractivity contribution in [1.82, 2.24) is 4.98 Å². The number of benzene rings is 1. The standard InChI is InChI=1S/C14H13BrN2O4/c1-20-11-4-2-3-10(6-11)17-13(18)8-21-14(19)12-5-9(15)7-16-12/h2-7,16H,8H2,1H3,(H,17,18). The highest BCUT2D eigenvalue weighted by molar-refractivity contribution is 9.10. The number of rotatable bonds is 5. The summed E-state index contributed by atoms with van der Waals surface area (Å²) in [6.07, 6.45) is 1.60. The van der Waals surface area contributed by atoms with Gasteiger partial charge in [0.05, 0.1) is 7.11 Å². The van der Waals surface area contributed by atoms with Crippen molar-refractivity contribution in [2.75, 3.05) is 19.0 Å². The number of amides is 1. The van der Waals surface area contributed by atoms with E-state index in [1.807, 2.05) is 0 Å². The molecule has 0 bridgehead atoms. The Hall–Kier alpha value is -2.28. The lowest BCUT2D eigenvalue weighted by molar-refractivity contribution is -0.119. The number of halogens is 1. The Morgan fingerprint density at radius 1 is 1.33 bits per heavy atom. The maximum Gasteiger partial charge on any atom is 0.355 e. The minimum absolute atomic E-state index is 0.274. The van der Waals surface area contributed by atoms with Crippen molar-refractivity contribution in [3.63, 3.8) is 0 Å². The number of H-pyrrole nitrogens is 1. The molecule has 1 aromatic carbocycles. The molecule has 0 aliphatic heterocycles. The molecule has 2 rings (SSSR count). The highest BCUT2D eigenvalue weighted by atomic mass is 79.9. The lowest BCUT2D eigenvalue weighted by Crippen LogP contribution is -2.21. The number of aromatic amines is 1. The summed E-state index contributed by atoms with van der Waals surface area (Å²) >= 11 is 3.21. The molecule has 0 aliphatic carbocycles. The third-order valence-electron chi connectivity index (χ3n) is 2.56. The van der Waals surface area contributed by atoms with Crippen LogP contribution in [-0.4, -0.2) is 30.6 Å². The smallest absolute Gasteiger partial charge is 0.355 e. The second kappa shape index (κ2) is 6.94. The molecule has 1 amide bonds. The van der Waals surface area contributed by atoms with Gasteiger partial charge in [0, 0.05) is 22.4 Å². The van der Waals surface area contributed by atoms with Crippen molar-refractivity contribution in [2.45, 2.75) is 0 Å². The molecule has 2 N–H and O–H groups in total. The zero-order valence-electron chi connectivity index (χ0n) is 11.2. The highest BCUT2D eigenvalue weighted by Crippen LogP contribution is 2.16. The molecular formula is C14H13BrN2O4. The maximum atomic E-state index is 11.7. The summed E-state index contributed by atoms with van der Waals surface area (Å²) in [6, 6.07) is 8.46. The second-order valence-electron chi connectivity index (χ2n) is 4.09. The predicted molar refractivity (Wildman–Crippen MR) is 80.4 cm³/mol. The molecule has 0 atom stereocenters. The molecule has 0 unspecified atom stereocenters. The lowest BCUT2D eigenvalue weighted by atomic mass is 10.3. The molecule has 110 valence electrons. The van der Waals surface area contributed by atoms with Gasteiger partial charge in [-0.15, -0.1) is 0 Å². The number of aromatic nitrogens is 1. The van der Waals surface area contributed by atoms with E-state index in [0.717, 1.165) is 4.47 Å². The first-order chi connectivity index (χ1) is 10.1. The van der Waals surface area contributed by atoms with Crippen molar-refractivity contribution >= 4 is 33.5 Å². The first-order valence-electron chi connectivity index (χ1n) is 6.03. The fourth-order valence-electron chi connectivity index (χ4n) is 1.59. The van der Waals surface area contributed by atoms with Gasteiger partial charge in [-0.05, 0) is 34.1 Å². The number of hydrogen-bond donors (Lipinski definition) is 2. The van der Waals surface area contributed by atoms with Gasteiger partial charge in [0.15, 0.2) is 6.61 Å². The number of ether oxygens (including phenoxy) is 2. The molecule has 0 saturated heterocycles. The van der Waals surface area contributed by atoms with Crippen molar-refractivity contribution < 1.29 is 19.1 Å². The summed E-state index contributed by atoms with van der Waals surface area (Å²) in [6.45, 7) is -0.368. The average molecular weight is 353 g/mol. The lowest BCUT2D eigenvalue weighted by Gasteiger charge is -2.07. The molecule has 1 heterocycles. The number of carbonyl (C=O) groups is 2. The van der Waals surface area contributed by atoms with Crippen LogP contribution < -0.4 is 10.1 Å². The van der Waals surface area contributed by atoms with Gasteiger partial charge in [0.1, 0.15) is 11.4 Å². The topological polar surface area (TPSA) is 80.4 Å². The zero-order valence-corrected chi connectivity index (χ0v) is 12.8. The zero-order chi connectivity index (χ0) is 15.2. The van der Waals surface area contributed by atoms with Crippen molar-refractivity contribution in [2.24, 2.45) is 0 Å². The SMILES string of the molecule is COc1cccc(NC(=O)COC(=O)c2cc(Br)c[nH]2)c1. The normalized spacial score (nSPS) is 10.0. The van der Waals surface area contributed by atoms with Crippen LogP contribution in [0, 0.1) is 0 Å². The van der Waals surface area contributed by atoms with Gasteiger partial charge in [0.2, 0.25) is 0 Å². The monoisotopic (exact) mass is 352 g/mol. The molecule has 2 aromatic rings. The average Bonchev–Trinajstić information content (AvgIpc) is 2.91. The summed E-state index contributed by atoms with van der Waals surface area (Å²) in [5, 5.41) is 2.61. The van der Waals surface area contributed by atoms with E-state index in [2.05, 4.69) is 26.2 Å². The number of carbonyl (C=O) groups excluding carboxylic acids is 2. The van der Waals surface area contributed by atoms with E-state index in [1.165, 1.54) is 7.11 Å². The summed E-state index contributed by atoms with van der Waals surface area (Å²) in [5.74, 6) is -0.398. The molecule has 21 heavy (non-hydrogen) atoms. The van der Waals surface area contributed by atoms with Crippen molar-refractivity contribution in [1.29, 1.82) is 0 Å². The summed E-state index contributed by atoms with van der Waals surface area (Å²) < 4.78 is 10.7. The van der Waals surface area contributed by atoms with Crippen LogP contribution in [0.15, 0.2) is 41.0 Å². The minimum Gasteiger partial charge on any atom is -0.497 e. The van der Waals surface area contributed by atoms with Crippen molar-refractivity contribution in [3.8, 4) is 5.75 Å². The highest BCUT2D eigenvalue weighted by Gasteiger charge is 2.12. The fraction of sp³-hybridized carbons (Fsp3) is 0.143. The van der Waals surface area contributed by atoms with Gasteiger partial charge in [-0.1, -0.05) is 6.07 Å². The third kappa shape index (κ3) is 4.35. The van der Waals surface area contributed by atoms with Gasteiger partial charge in [-0.3, -0.25) is 4.79 Å². The largest absolute Gasteiger partial charge is 0.497 e. The second-order valence-corrected chi connectivity index (χ2v) is 5.00. The minimum atomic E-state index is -0.596. The van der Waals surface area contributed by atoms with E-state index in [1.54, 1.807) is 36.5 Å². The predicted octanol–water partition coefficient (Wildman–Crippen LogP) is 2.58. The van der Waals surface area contributed by atoms with Crippen LogP contribution in [0.4, 0.5) is 5.69 Å². The number of hydrogen-bond acceptors (Lipinski definition) is 4. The molecule has 0 saturated carbocycles. The Kier molecular flexibility index (Phi) is 4.99. The van der Waals surface area contributed by atoms with E-state index in [4.69, 9.17) is 9.47 Å². The molecule has 0 radical (unpaired) electrons. The molecule has 0 aliphatic rings. The molecule has 6 nitrogen and oxygen atoms in total. The van der Waals surface area contributed by atoms with E-state index < -0.39 is 11.9 Å². The van der Waals surface area contributed by atoms with Crippen LogP contribution >= 0.6 is 15.9 Å². The Morgan fingerprint density at radius 3 is 2.81 bits per heavy atom. The first kappa shape index (κ1) is 15.1. The number of nitrogens with one attached hydrogen (secondary N) is 2. The quantitative estimate of drug-likeness (QED) is 0.810. The van der Waals surface area contributed by atoms with Crippen LogP contribution in [0.2, 0.25) is 0 Å². The molecular weight excluding hydrogens is 340 g/mol. The van der Waals surface area contributed by atoms with Crippen LogP contribution in [0.1, 0.15) is 10.5 Å². The summed E-state index contributed by atoms with van der Waals surface area (Å²) in [7, 11) is 1.54. The van der Waals surface area contributed by atoms with E-state index in [-0.39, 0.29) is 12.3 Å². The first-order valence-corrected chi connectivity index (χ1v) is 6.83. The van der Waals surface area contributed by atoms with Crippen molar-refractivity contribution in [3.05, 3.63) is 46.7 Å².